The average molecular weight is 443 g/mol. The van der Waals surface area contributed by atoms with Gasteiger partial charge in [0, 0.05) is 38.0 Å². The summed E-state index contributed by atoms with van der Waals surface area (Å²) < 4.78 is 7.97. The molecule has 2 aromatic carbocycles. The van der Waals surface area contributed by atoms with Gasteiger partial charge in [0.15, 0.2) is 5.75 Å². The van der Waals surface area contributed by atoms with Gasteiger partial charge in [0.05, 0.1) is 11.8 Å². The van der Waals surface area contributed by atoms with Crippen LogP contribution < -0.4 is 10.1 Å². The Hall–Kier alpha value is -3.87. The van der Waals surface area contributed by atoms with Crippen LogP contribution in [0.4, 0.5) is 0 Å². The molecule has 1 fully saturated rings. The maximum Gasteiger partial charge on any atom is 0.255 e. The second-order valence-corrected chi connectivity index (χ2v) is 8.67. The molecule has 3 heterocycles. The average Bonchev–Trinajstić information content (AvgIpc) is 3.41. The molecule has 2 amide bonds. The Bertz CT molecular complexity index is 1390. The van der Waals surface area contributed by atoms with Crippen LogP contribution in [-0.4, -0.2) is 46.5 Å². The number of hydrogen-bond donors (Lipinski definition) is 1. The molecule has 0 radical (unpaired) electrons. The molecule has 5 rings (SSSR count). The molecule has 7 heteroatoms. The van der Waals surface area contributed by atoms with Gasteiger partial charge in [-0.3, -0.25) is 9.59 Å². The molecule has 0 aliphatic carbocycles. The van der Waals surface area contributed by atoms with Gasteiger partial charge in [-0.2, -0.15) is 5.10 Å². The highest BCUT2D eigenvalue weighted by molar-refractivity contribution is 6.07. The molecule has 2 aromatic heterocycles. The fourth-order valence-electron chi connectivity index (χ4n) is 4.60. The fourth-order valence-corrected chi connectivity index (χ4v) is 4.60. The van der Waals surface area contributed by atoms with Crippen molar-refractivity contribution in [1.82, 2.24) is 19.8 Å². The molecular formula is C26H26N4O3. The number of ether oxygens (including phenoxy) is 1. The Balaban J connectivity index is 1.50. The van der Waals surface area contributed by atoms with Gasteiger partial charge in [-0.05, 0) is 59.9 Å². The number of fused-ring (bicyclic) bond motifs is 2. The number of aryl methyl sites for hydroxylation is 1. The Morgan fingerprint density at radius 1 is 1.15 bits per heavy atom. The van der Waals surface area contributed by atoms with Crippen LogP contribution >= 0.6 is 0 Å². The van der Waals surface area contributed by atoms with Gasteiger partial charge in [-0.1, -0.05) is 19.1 Å². The SMILES string of the molecule is CNC(=O)c1cccc2cc(Oc3ccnn4cc(C(=O)N5CCC(C)C5)c(C)c34)ccc12. The van der Waals surface area contributed by atoms with E-state index < -0.39 is 0 Å². The van der Waals surface area contributed by atoms with Crippen molar-refractivity contribution in [3.63, 3.8) is 0 Å². The minimum absolute atomic E-state index is 0.0423. The summed E-state index contributed by atoms with van der Waals surface area (Å²) in [6, 6.07) is 13.1. The van der Waals surface area contributed by atoms with Gasteiger partial charge in [-0.15, -0.1) is 0 Å². The van der Waals surface area contributed by atoms with Crippen molar-refractivity contribution in [2.75, 3.05) is 20.1 Å². The quantitative estimate of drug-likeness (QED) is 0.507. The number of nitrogens with zero attached hydrogens (tertiary/aromatic N) is 3. The van der Waals surface area contributed by atoms with Crippen molar-refractivity contribution in [3.05, 3.63) is 71.5 Å². The van der Waals surface area contributed by atoms with E-state index in [1.807, 2.05) is 42.2 Å². The predicted molar refractivity (Wildman–Crippen MR) is 127 cm³/mol. The molecule has 1 aliphatic rings. The predicted octanol–water partition coefficient (Wildman–Crippen LogP) is 4.43. The second-order valence-electron chi connectivity index (χ2n) is 8.67. The topological polar surface area (TPSA) is 75.9 Å². The first-order valence-corrected chi connectivity index (χ1v) is 11.1. The Labute approximate surface area is 192 Å². The molecule has 33 heavy (non-hydrogen) atoms. The number of rotatable bonds is 4. The lowest BCUT2D eigenvalue weighted by Gasteiger charge is -2.15. The standard InChI is InChI=1S/C26H26N4O3/c1-16-10-12-29(14-16)26(32)22-15-30-24(17(22)2)23(9-11-28-30)33-19-7-8-20-18(13-19)5-4-6-21(20)25(31)27-3/h4-9,11,13,15-16H,10,12,14H2,1-3H3,(H,27,31). The maximum atomic E-state index is 13.1. The summed E-state index contributed by atoms with van der Waals surface area (Å²) in [4.78, 5) is 27.2. The summed E-state index contributed by atoms with van der Waals surface area (Å²) >= 11 is 0. The Morgan fingerprint density at radius 3 is 2.76 bits per heavy atom. The third-order valence-corrected chi connectivity index (χ3v) is 6.38. The van der Waals surface area contributed by atoms with E-state index in [4.69, 9.17) is 4.74 Å². The van der Waals surface area contributed by atoms with E-state index in [9.17, 15) is 9.59 Å². The molecule has 168 valence electrons. The van der Waals surface area contributed by atoms with Crippen molar-refractivity contribution in [2.24, 2.45) is 5.92 Å². The molecule has 0 spiro atoms. The zero-order valence-corrected chi connectivity index (χ0v) is 19.0. The first-order chi connectivity index (χ1) is 16.0. The number of carbonyl (C=O) groups is 2. The van der Waals surface area contributed by atoms with E-state index in [0.717, 1.165) is 41.4 Å². The van der Waals surface area contributed by atoms with Crippen molar-refractivity contribution >= 4 is 28.1 Å². The number of likely N-dealkylation sites (tertiary alicyclic amines) is 1. The number of aromatic nitrogens is 2. The molecule has 4 aromatic rings. The van der Waals surface area contributed by atoms with Crippen molar-refractivity contribution in [1.29, 1.82) is 0 Å². The highest BCUT2D eigenvalue weighted by atomic mass is 16.5. The lowest BCUT2D eigenvalue weighted by Crippen LogP contribution is -2.28. The number of amides is 2. The number of benzene rings is 2. The molecule has 1 N–H and O–H groups in total. The monoisotopic (exact) mass is 442 g/mol. The highest BCUT2D eigenvalue weighted by Crippen LogP contribution is 2.33. The molecule has 7 nitrogen and oxygen atoms in total. The van der Waals surface area contributed by atoms with Crippen LogP contribution in [0.3, 0.4) is 0 Å². The fraction of sp³-hybridized carbons (Fsp3) is 0.269. The summed E-state index contributed by atoms with van der Waals surface area (Å²) in [7, 11) is 1.62. The molecule has 1 unspecified atom stereocenters. The normalized spacial score (nSPS) is 15.8. The van der Waals surface area contributed by atoms with Crippen LogP contribution in [-0.2, 0) is 0 Å². The summed E-state index contributed by atoms with van der Waals surface area (Å²) in [5.41, 5.74) is 2.90. The third-order valence-electron chi connectivity index (χ3n) is 6.38. The van der Waals surface area contributed by atoms with E-state index in [-0.39, 0.29) is 11.8 Å². The van der Waals surface area contributed by atoms with Gasteiger partial charge in [0.25, 0.3) is 11.8 Å². The highest BCUT2D eigenvalue weighted by Gasteiger charge is 2.27. The van der Waals surface area contributed by atoms with E-state index in [2.05, 4.69) is 17.3 Å². The lowest BCUT2D eigenvalue weighted by molar-refractivity contribution is 0.0787. The number of nitrogens with one attached hydrogen (secondary N) is 1. The number of carbonyl (C=O) groups excluding carboxylic acids is 2. The minimum Gasteiger partial charge on any atom is -0.455 e. The van der Waals surface area contributed by atoms with E-state index in [1.54, 1.807) is 36.1 Å². The lowest BCUT2D eigenvalue weighted by atomic mass is 10.0. The Kier molecular flexibility index (Phi) is 5.24. The summed E-state index contributed by atoms with van der Waals surface area (Å²) in [5.74, 6) is 1.71. The van der Waals surface area contributed by atoms with Crippen molar-refractivity contribution in [3.8, 4) is 11.5 Å². The van der Waals surface area contributed by atoms with Gasteiger partial charge >= 0.3 is 0 Å². The summed E-state index contributed by atoms with van der Waals surface area (Å²) in [5, 5.41) is 8.84. The molecular weight excluding hydrogens is 416 g/mol. The molecule has 1 aliphatic heterocycles. The smallest absolute Gasteiger partial charge is 0.255 e. The van der Waals surface area contributed by atoms with Crippen LogP contribution in [0, 0.1) is 12.8 Å². The molecule has 1 atom stereocenters. The first-order valence-electron chi connectivity index (χ1n) is 11.1. The van der Waals surface area contributed by atoms with Gasteiger partial charge in [-0.25, -0.2) is 4.52 Å². The van der Waals surface area contributed by atoms with E-state index in [0.29, 0.717) is 28.5 Å². The van der Waals surface area contributed by atoms with Gasteiger partial charge in [0.2, 0.25) is 0 Å². The third kappa shape index (κ3) is 3.69. The van der Waals surface area contributed by atoms with Crippen LogP contribution in [0.25, 0.3) is 16.3 Å². The summed E-state index contributed by atoms with van der Waals surface area (Å²) in [6.07, 6.45) is 4.49. The van der Waals surface area contributed by atoms with Crippen LogP contribution in [0.5, 0.6) is 11.5 Å². The van der Waals surface area contributed by atoms with Crippen LogP contribution in [0.2, 0.25) is 0 Å². The molecule has 1 saturated heterocycles. The zero-order valence-electron chi connectivity index (χ0n) is 19.0. The first kappa shape index (κ1) is 21.0. The van der Waals surface area contributed by atoms with Crippen molar-refractivity contribution in [2.45, 2.75) is 20.3 Å². The molecule has 0 saturated carbocycles. The van der Waals surface area contributed by atoms with Crippen LogP contribution in [0.15, 0.2) is 54.9 Å². The Morgan fingerprint density at radius 2 is 2.00 bits per heavy atom. The van der Waals surface area contributed by atoms with E-state index in [1.165, 1.54) is 0 Å². The van der Waals surface area contributed by atoms with Gasteiger partial charge in [0.1, 0.15) is 11.3 Å². The number of hydrogen-bond acceptors (Lipinski definition) is 4. The van der Waals surface area contributed by atoms with Crippen molar-refractivity contribution < 1.29 is 14.3 Å². The maximum absolute atomic E-state index is 13.1. The summed E-state index contributed by atoms with van der Waals surface area (Å²) in [6.45, 7) is 5.69. The van der Waals surface area contributed by atoms with Crippen LogP contribution in [0.1, 0.15) is 39.6 Å². The largest absolute Gasteiger partial charge is 0.455 e. The van der Waals surface area contributed by atoms with Gasteiger partial charge < -0.3 is 15.0 Å². The molecule has 0 bridgehead atoms. The minimum atomic E-state index is -0.126. The zero-order chi connectivity index (χ0) is 23.1. The second kappa shape index (κ2) is 8.24. The van der Waals surface area contributed by atoms with E-state index >= 15 is 0 Å².